The van der Waals surface area contributed by atoms with Crippen molar-refractivity contribution in [3.8, 4) is 6.07 Å². The van der Waals surface area contributed by atoms with Gasteiger partial charge < -0.3 is 14.5 Å². The normalized spacial score (nSPS) is 17.9. The molecule has 3 aromatic rings. The molecule has 32 heavy (non-hydrogen) atoms. The minimum Gasteiger partial charge on any atom is -0.361 e. The molecule has 2 unspecified atom stereocenters. The smallest absolute Gasteiger partial charge is 0.241 e. The second-order valence-corrected chi connectivity index (χ2v) is 10.1. The zero-order chi connectivity index (χ0) is 22.7. The molecule has 2 N–H and O–H groups in total. The maximum atomic E-state index is 13.4. The van der Waals surface area contributed by atoms with Crippen LogP contribution in [0.25, 0.3) is 10.9 Å². The number of fused-ring (bicyclic) bond motifs is 1. The van der Waals surface area contributed by atoms with Crippen LogP contribution in [0.4, 0.5) is 0 Å². The predicted octanol–water partition coefficient (Wildman–Crippen LogP) is 2.84. The second kappa shape index (κ2) is 9.18. The molecule has 0 saturated carbocycles. The number of carbonyl (C=O) groups is 1. The van der Waals surface area contributed by atoms with Crippen LogP contribution in [0.2, 0.25) is 0 Å². The average molecular weight is 454 g/mol. The van der Waals surface area contributed by atoms with Crippen molar-refractivity contribution < 1.29 is 13.2 Å². The van der Waals surface area contributed by atoms with E-state index in [1.54, 1.807) is 52.2 Å². The summed E-state index contributed by atoms with van der Waals surface area (Å²) in [5.74, 6) is 0.168. The molecular weight excluding hydrogens is 426 g/mol. The van der Waals surface area contributed by atoms with Crippen molar-refractivity contribution in [1.29, 1.82) is 5.26 Å². The lowest BCUT2D eigenvalue weighted by atomic mass is 9.99. The Bertz CT molecular complexity index is 1250. The summed E-state index contributed by atoms with van der Waals surface area (Å²) in [6.07, 6.45) is 5.73. The largest absolute Gasteiger partial charge is 0.361 e. The summed E-state index contributed by atoms with van der Waals surface area (Å²) in [5, 5.41) is 10.2. The summed E-state index contributed by atoms with van der Waals surface area (Å²) < 4.78 is 30.8. The van der Waals surface area contributed by atoms with Gasteiger partial charge in [-0.05, 0) is 60.9 Å². The van der Waals surface area contributed by atoms with Gasteiger partial charge >= 0.3 is 0 Å². The number of likely N-dealkylation sites (tertiary alicyclic amines) is 1. The van der Waals surface area contributed by atoms with Gasteiger partial charge in [-0.2, -0.15) is 9.98 Å². The van der Waals surface area contributed by atoms with Gasteiger partial charge in [0.25, 0.3) is 0 Å². The lowest BCUT2D eigenvalue weighted by Gasteiger charge is -2.33. The first-order chi connectivity index (χ1) is 15.4. The SMILES string of the molecule is CC1CCCN(C(=O)C(CCn2cccc2C#N)NS(=O)(=O)c2ccc3cc[nH]c3c2)C1. The summed E-state index contributed by atoms with van der Waals surface area (Å²) in [6.45, 7) is 3.71. The van der Waals surface area contributed by atoms with Crippen molar-refractivity contribution in [2.24, 2.45) is 5.92 Å². The number of nitrogens with zero attached hydrogens (tertiary/aromatic N) is 3. The quantitative estimate of drug-likeness (QED) is 0.573. The third kappa shape index (κ3) is 4.71. The lowest BCUT2D eigenvalue weighted by molar-refractivity contribution is -0.134. The Morgan fingerprint density at radius 2 is 2.19 bits per heavy atom. The fourth-order valence-corrected chi connectivity index (χ4v) is 5.52. The maximum Gasteiger partial charge on any atom is 0.241 e. The van der Waals surface area contributed by atoms with Crippen LogP contribution in [0.5, 0.6) is 0 Å². The standard InChI is InChI=1S/C23H27N5O3S/c1-17-4-2-12-28(16-17)23(29)21(9-13-27-11-3-5-19(27)15-24)26-32(30,31)20-7-6-18-8-10-25-22(18)14-20/h3,5-8,10-11,14,17,21,25-26H,2,4,9,12-13,16H2,1H3. The summed E-state index contributed by atoms with van der Waals surface area (Å²) >= 11 is 0. The molecule has 9 heteroatoms. The van der Waals surface area contributed by atoms with Gasteiger partial charge in [-0.25, -0.2) is 8.42 Å². The lowest BCUT2D eigenvalue weighted by Crippen LogP contribution is -2.51. The Morgan fingerprint density at radius 1 is 1.34 bits per heavy atom. The fourth-order valence-electron chi connectivity index (χ4n) is 4.27. The number of aromatic amines is 1. The Balaban J connectivity index is 1.58. The molecule has 2 aromatic heterocycles. The highest BCUT2D eigenvalue weighted by molar-refractivity contribution is 7.89. The van der Waals surface area contributed by atoms with Crippen molar-refractivity contribution in [2.45, 2.75) is 43.7 Å². The number of H-pyrrole nitrogens is 1. The topological polar surface area (TPSA) is 111 Å². The van der Waals surface area contributed by atoms with E-state index >= 15 is 0 Å². The highest BCUT2D eigenvalue weighted by atomic mass is 32.2. The molecule has 1 aliphatic rings. The van der Waals surface area contributed by atoms with Gasteiger partial charge in [-0.3, -0.25) is 4.79 Å². The molecule has 0 spiro atoms. The molecule has 1 amide bonds. The van der Waals surface area contributed by atoms with E-state index in [1.165, 1.54) is 0 Å². The van der Waals surface area contributed by atoms with Gasteiger partial charge in [-0.15, -0.1) is 0 Å². The van der Waals surface area contributed by atoms with Crippen LogP contribution in [-0.4, -0.2) is 47.9 Å². The van der Waals surface area contributed by atoms with Gasteiger partial charge in [0.15, 0.2) is 0 Å². The number of nitrogens with one attached hydrogen (secondary N) is 2. The van der Waals surface area contributed by atoms with Crippen molar-refractivity contribution in [3.63, 3.8) is 0 Å². The molecule has 4 rings (SSSR count). The first-order valence-electron chi connectivity index (χ1n) is 10.8. The zero-order valence-corrected chi connectivity index (χ0v) is 18.8. The van der Waals surface area contributed by atoms with Crippen molar-refractivity contribution in [3.05, 3.63) is 54.5 Å². The Hall–Kier alpha value is -3.09. The van der Waals surface area contributed by atoms with Crippen LogP contribution in [0, 0.1) is 17.2 Å². The molecular formula is C23H27N5O3S. The number of nitriles is 1. The van der Waals surface area contributed by atoms with Crippen LogP contribution in [0.3, 0.4) is 0 Å². The number of aryl methyl sites for hydroxylation is 1. The highest BCUT2D eigenvalue weighted by Crippen LogP contribution is 2.21. The zero-order valence-electron chi connectivity index (χ0n) is 18.0. The average Bonchev–Trinajstić information content (AvgIpc) is 3.44. The highest BCUT2D eigenvalue weighted by Gasteiger charge is 2.31. The number of rotatable bonds is 7. The minimum atomic E-state index is -3.92. The Kier molecular flexibility index (Phi) is 6.35. The molecule has 3 heterocycles. The molecule has 1 aliphatic heterocycles. The van der Waals surface area contributed by atoms with Crippen molar-refractivity contribution >= 4 is 26.8 Å². The monoisotopic (exact) mass is 453 g/mol. The van der Waals surface area contributed by atoms with Gasteiger partial charge in [0.1, 0.15) is 17.8 Å². The minimum absolute atomic E-state index is 0.107. The summed E-state index contributed by atoms with van der Waals surface area (Å²) in [4.78, 5) is 18.2. The van der Waals surface area contributed by atoms with Crippen molar-refractivity contribution in [1.82, 2.24) is 19.2 Å². The predicted molar refractivity (Wildman–Crippen MR) is 121 cm³/mol. The van der Waals surface area contributed by atoms with E-state index in [0.29, 0.717) is 36.8 Å². The number of benzene rings is 1. The van der Waals surface area contributed by atoms with Crippen LogP contribution in [0.15, 0.2) is 53.7 Å². The van der Waals surface area contributed by atoms with Gasteiger partial charge in [0, 0.05) is 37.5 Å². The summed E-state index contributed by atoms with van der Waals surface area (Å²) in [7, 11) is -3.92. The summed E-state index contributed by atoms with van der Waals surface area (Å²) in [5.41, 5.74) is 1.19. The molecule has 0 aliphatic carbocycles. The number of carbonyl (C=O) groups excluding carboxylic acids is 1. The van der Waals surface area contributed by atoms with E-state index in [-0.39, 0.29) is 17.2 Å². The molecule has 1 saturated heterocycles. The van der Waals surface area contributed by atoms with Crippen LogP contribution in [0.1, 0.15) is 31.9 Å². The second-order valence-electron chi connectivity index (χ2n) is 8.42. The van der Waals surface area contributed by atoms with E-state index in [0.717, 1.165) is 18.2 Å². The van der Waals surface area contributed by atoms with Gasteiger partial charge in [-0.1, -0.05) is 13.0 Å². The van der Waals surface area contributed by atoms with Gasteiger partial charge in [0.2, 0.25) is 15.9 Å². The third-order valence-electron chi connectivity index (χ3n) is 6.00. The summed E-state index contributed by atoms with van der Waals surface area (Å²) in [6, 6.07) is 11.4. The number of amides is 1. The molecule has 1 aromatic carbocycles. The van der Waals surface area contributed by atoms with E-state index in [4.69, 9.17) is 0 Å². The first kappa shape index (κ1) is 22.1. The van der Waals surface area contributed by atoms with Crippen LogP contribution < -0.4 is 4.72 Å². The Morgan fingerprint density at radius 3 is 2.97 bits per heavy atom. The first-order valence-corrected chi connectivity index (χ1v) is 12.3. The molecule has 2 atom stereocenters. The molecule has 8 nitrogen and oxygen atoms in total. The number of piperidine rings is 1. The fraction of sp³-hybridized carbons (Fsp3) is 0.391. The number of hydrogen-bond acceptors (Lipinski definition) is 4. The van der Waals surface area contributed by atoms with E-state index in [1.807, 2.05) is 6.07 Å². The van der Waals surface area contributed by atoms with Crippen LogP contribution in [-0.2, 0) is 21.4 Å². The molecule has 168 valence electrons. The molecule has 0 bridgehead atoms. The molecule has 0 radical (unpaired) electrons. The van der Waals surface area contributed by atoms with Crippen LogP contribution >= 0.6 is 0 Å². The maximum absolute atomic E-state index is 13.4. The number of aromatic nitrogens is 2. The van der Waals surface area contributed by atoms with E-state index < -0.39 is 16.1 Å². The van der Waals surface area contributed by atoms with E-state index in [2.05, 4.69) is 22.7 Å². The number of sulfonamides is 1. The molecule has 1 fully saturated rings. The van der Waals surface area contributed by atoms with Crippen molar-refractivity contribution in [2.75, 3.05) is 13.1 Å². The van der Waals surface area contributed by atoms with E-state index in [9.17, 15) is 18.5 Å². The number of hydrogen-bond donors (Lipinski definition) is 2. The third-order valence-corrected chi connectivity index (χ3v) is 7.47. The Labute approximate surface area is 187 Å². The van der Waals surface area contributed by atoms with Gasteiger partial charge in [0.05, 0.1) is 4.90 Å².